The lowest BCUT2D eigenvalue weighted by Crippen LogP contribution is -2.21. The van der Waals surface area contributed by atoms with Crippen LogP contribution in [0.3, 0.4) is 0 Å². The summed E-state index contributed by atoms with van der Waals surface area (Å²) in [5, 5.41) is 23.8. The van der Waals surface area contributed by atoms with Gasteiger partial charge in [0, 0.05) is 11.6 Å². The summed E-state index contributed by atoms with van der Waals surface area (Å²) in [5.41, 5.74) is 1.59. The molecule has 1 atom stereocenters. The molecule has 0 saturated carbocycles. The molecule has 1 amide bonds. The fourth-order valence-electron chi connectivity index (χ4n) is 2.60. The van der Waals surface area contributed by atoms with Crippen molar-refractivity contribution < 1.29 is 14.8 Å². The number of nitrogens with zero attached hydrogens (tertiary/aromatic N) is 2. The number of aromatic nitrogens is 1. The van der Waals surface area contributed by atoms with E-state index in [0.29, 0.717) is 22.2 Å². The molecule has 0 saturated heterocycles. The first-order valence-electron chi connectivity index (χ1n) is 7.81. The van der Waals surface area contributed by atoms with Gasteiger partial charge in [-0.2, -0.15) is 0 Å². The van der Waals surface area contributed by atoms with Gasteiger partial charge in [0.1, 0.15) is 0 Å². The number of aliphatic hydroxyl groups excluding tert-OH is 1. The number of halogens is 2. The molecule has 138 valence electrons. The number of carbonyl (C=O) groups excluding carboxylic acids is 1. The van der Waals surface area contributed by atoms with Crippen molar-refractivity contribution in [1.29, 1.82) is 0 Å². The van der Waals surface area contributed by atoms with E-state index in [9.17, 15) is 20.0 Å². The van der Waals surface area contributed by atoms with Crippen LogP contribution < -0.4 is 5.32 Å². The first-order valence-corrected chi connectivity index (χ1v) is 8.57. The third-order valence-corrected chi connectivity index (χ3v) is 4.50. The highest BCUT2D eigenvalue weighted by Gasteiger charge is 2.18. The summed E-state index contributed by atoms with van der Waals surface area (Å²) in [5.74, 6) is -0.479. The summed E-state index contributed by atoms with van der Waals surface area (Å²) in [6.45, 7) is 0. The largest absolute Gasteiger partial charge is 0.333 e. The lowest BCUT2D eigenvalue weighted by Gasteiger charge is -2.11. The van der Waals surface area contributed by atoms with Crippen molar-refractivity contribution in [2.24, 2.45) is 0 Å². The summed E-state index contributed by atoms with van der Waals surface area (Å²) >= 11 is 12.1. The highest BCUT2D eigenvalue weighted by molar-refractivity contribution is 6.40. The normalized spacial score (nSPS) is 12.0. The zero-order valence-corrected chi connectivity index (χ0v) is 15.2. The van der Waals surface area contributed by atoms with Crippen molar-refractivity contribution in [3.8, 4) is 0 Å². The van der Waals surface area contributed by atoms with Gasteiger partial charge in [0.05, 0.1) is 38.2 Å². The summed E-state index contributed by atoms with van der Waals surface area (Å²) in [7, 11) is 0. The number of amides is 1. The number of nitrogens with one attached hydrogen (secondary N) is 1. The van der Waals surface area contributed by atoms with Crippen molar-refractivity contribution in [3.05, 3.63) is 79.9 Å². The number of carbonyl (C=O) groups is 1. The highest BCUT2D eigenvalue weighted by Crippen LogP contribution is 2.27. The summed E-state index contributed by atoms with van der Waals surface area (Å²) < 4.78 is 0. The van der Waals surface area contributed by atoms with Gasteiger partial charge in [-0.25, -0.2) is 0 Å². The minimum atomic E-state index is -1.70. The molecule has 1 unspecified atom stereocenters. The molecule has 0 spiro atoms. The Morgan fingerprint density at radius 2 is 1.89 bits per heavy atom. The molecule has 0 fully saturated rings. The van der Waals surface area contributed by atoms with Crippen LogP contribution in [0.25, 0.3) is 10.9 Å². The van der Waals surface area contributed by atoms with E-state index in [4.69, 9.17) is 23.2 Å². The quantitative estimate of drug-likeness (QED) is 0.380. The minimum Gasteiger partial charge on any atom is -0.333 e. The number of rotatable bonds is 5. The summed E-state index contributed by atoms with van der Waals surface area (Å²) in [6.07, 6.45) is -0.441. The van der Waals surface area contributed by atoms with Crippen LogP contribution in [0.2, 0.25) is 10.0 Å². The van der Waals surface area contributed by atoms with Crippen LogP contribution in [-0.2, 0) is 6.42 Å². The Balaban J connectivity index is 1.91. The molecule has 27 heavy (non-hydrogen) atoms. The smallest absolute Gasteiger partial charge is 0.317 e. The Kier molecular flexibility index (Phi) is 5.55. The standard InChI is InChI=1S/C18H13Cl2N3O4/c19-12-4-2-5-13(20)16(12)18(25)22-14-6-1-3-11-7-10(9-21-17(11)14)8-15(24)23(26)27/h1-7,9,15,24H,8H2,(H,22,25). The average Bonchev–Trinajstić information content (AvgIpc) is 2.61. The van der Waals surface area contributed by atoms with Gasteiger partial charge in [0.2, 0.25) is 0 Å². The number of anilines is 1. The molecule has 0 radical (unpaired) electrons. The third-order valence-electron chi connectivity index (χ3n) is 3.87. The van der Waals surface area contributed by atoms with E-state index in [1.807, 2.05) is 0 Å². The van der Waals surface area contributed by atoms with Crippen LogP contribution in [0.1, 0.15) is 15.9 Å². The fourth-order valence-corrected chi connectivity index (χ4v) is 3.17. The molecule has 0 aliphatic rings. The molecule has 2 aromatic carbocycles. The zero-order chi connectivity index (χ0) is 19.6. The van der Waals surface area contributed by atoms with Crippen molar-refractivity contribution in [2.45, 2.75) is 12.6 Å². The maximum Gasteiger partial charge on any atom is 0.317 e. The Labute approximate surface area is 163 Å². The van der Waals surface area contributed by atoms with Crippen molar-refractivity contribution in [2.75, 3.05) is 5.32 Å². The number of para-hydroxylation sites is 1. The number of benzene rings is 2. The lowest BCUT2D eigenvalue weighted by atomic mass is 10.1. The molecular weight excluding hydrogens is 393 g/mol. The van der Waals surface area contributed by atoms with E-state index in [1.54, 1.807) is 42.5 Å². The van der Waals surface area contributed by atoms with E-state index in [2.05, 4.69) is 10.3 Å². The number of nitro groups is 1. The second-order valence-corrected chi connectivity index (χ2v) is 6.56. The Morgan fingerprint density at radius 1 is 1.22 bits per heavy atom. The molecular formula is C18H13Cl2N3O4. The molecule has 1 aromatic heterocycles. The molecule has 0 aliphatic carbocycles. The van der Waals surface area contributed by atoms with E-state index in [0.717, 1.165) is 0 Å². The van der Waals surface area contributed by atoms with Gasteiger partial charge in [0.25, 0.3) is 5.91 Å². The van der Waals surface area contributed by atoms with Gasteiger partial charge in [-0.15, -0.1) is 0 Å². The van der Waals surface area contributed by atoms with Crippen LogP contribution in [0.15, 0.2) is 48.7 Å². The average molecular weight is 406 g/mol. The first-order chi connectivity index (χ1) is 12.9. The van der Waals surface area contributed by atoms with Crippen LogP contribution in [0, 0.1) is 10.1 Å². The maximum absolute atomic E-state index is 12.6. The maximum atomic E-state index is 12.6. The number of aliphatic hydroxyl groups is 1. The van der Waals surface area contributed by atoms with Crippen LogP contribution >= 0.6 is 23.2 Å². The second-order valence-electron chi connectivity index (χ2n) is 5.74. The monoisotopic (exact) mass is 405 g/mol. The van der Waals surface area contributed by atoms with Gasteiger partial charge in [0.15, 0.2) is 0 Å². The van der Waals surface area contributed by atoms with E-state index < -0.39 is 17.1 Å². The highest BCUT2D eigenvalue weighted by atomic mass is 35.5. The number of hydrogen-bond acceptors (Lipinski definition) is 5. The van der Waals surface area contributed by atoms with Gasteiger partial charge in [-0.05, 0) is 29.8 Å². The van der Waals surface area contributed by atoms with Gasteiger partial charge < -0.3 is 10.4 Å². The topological polar surface area (TPSA) is 105 Å². The Bertz CT molecular complexity index is 1020. The molecule has 9 heteroatoms. The molecule has 3 rings (SSSR count). The molecule has 0 bridgehead atoms. The molecule has 3 aromatic rings. The van der Waals surface area contributed by atoms with Gasteiger partial charge >= 0.3 is 6.23 Å². The van der Waals surface area contributed by atoms with Crippen LogP contribution in [0.4, 0.5) is 5.69 Å². The lowest BCUT2D eigenvalue weighted by molar-refractivity contribution is -0.569. The molecule has 1 heterocycles. The fraction of sp³-hybridized carbons (Fsp3) is 0.111. The van der Waals surface area contributed by atoms with Crippen molar-refractivity contribution in [3.63, 3.8) is 0 Å². The Morgan fingerprint density at radius 3 is 2.56 bits per heavy atom. The predicted molar refractivity (Wildman–Crippen MR) is 103 cm³/mol. The van der Waals surface area contributed by atoms with Crippen LogP contribution in [-0.4, -0.2) is 27.1 Å². The van der Waals surface area contributed by atoms with E-state index in [-0.39, 0.29) is 22.0 Å². The van der Waals surface area contributed by atoms with Crippen LogP contribution in [0.5, 0.6) is 0 Å². The van der Waals surface area contributed by atoms with E-state index >= 15 is 0 Å². The van der Waals surface area contributed by atoms with Gasteiger partial charge in [-0.3, -0.25) is 19.9 Å². The van der Waals surface area contributed by atoms with Crippen molar-refractivity contribution in [1.82, 2.24) is 4.98 Å². The second kappa shape index (κ2) is 7.87. The molecule has 2 N–H and O–H groups in total. The molecule has 0 aliphatic heterocycles. The summed E-state index contributed by atoms with van der Waals surface area (Å²) in [4.78, 5) is 26.7. The minimum absolute atomic E-state index is 0.156. The number of hydrogen-bond donors (Lipinski definition) is 2. The zero-order valence-electron chi connectivity index (χ0n) is 13.7. The predicted octanol–water partition coefficient (Wildman–Crippen LogP) is 3.93. The van der Waals surface area contributed by atoms with E-state index in [1.165, 1.54) is 6.20 Å². The number of fused-ring (bicyclic) bond motifs is 1. The van der Waals surface area contributed by atoms with Crippen molar-refractivity contribution >= 4 is 45.7 Å². The van der Waals surface area contributed by atoms with Gasteiger partial charge in [-0.1, -0.05) is 41.4 Å². The number of pyridine rings is 1. The SMILES string of the molecule is O=C(Nc1cccc2cc(CC(O)[N+](=O)[O-])cnc12)c1c(Cl)cccc1Cl. The first kappa shape index (κ1) is 19.0. The molecule has 7 nitrogen and oxygen atoms in total. The summed E-state index contributed by atoms with van der Waals surface area (Å²) in [6, 6.07) is 11.6. The third kappa shape index (κ3) is 4.16. The Hall–Kier alpha value is -2.74.